The number of H-pyrrole nitrogens is 1. The summed E-state index contributed by atoms with van der Waals surface area (Å²) in [7, 11) is 0. The maximum absolute atomic E-state index is 12.9. The maximum Gasteiger partial charge on any atom is 0.248 e. The molecule has 0 aliphatic rings. The highest BCUT2D eigenvalue weighted by Crippen LogP contribution is 2.31. The molecule has 0 radical (unpaired) electrons. The Morgan fingerprint density at radius 2 is 1.80 bits per heavy atom. The van der Waals surface area contributed by atoms with Gasteiger partial charge in [0.05, 0.1) is 5.69 Å². The molecule has 1 heterocycles. The van der Waals surface area contributed by atoms with E-state index in [0.29, 0.717) is 27.5 Å². The summed E-state index contributed by atoms with van der Waals surface area (Å²) in [4.78, 5) is 28.2. The van der Waals surface area contributed by atoms with Gasteiger partial charge in [0.15, 0.2) is 0 Å². The van der Waals surface area contributed by atoms with Crippen LogP contribution in [0.2, 0.25) is 5.02 Å². The Morgan fingerprint density at radius 1 is 1.08 bits per heavy atom. The third-order valence-electron chi connectivity index (χ3n) is 3.69. The van der Waals surface area contributed by atoms with Crippen molar-refractivity contribution in [3.8, 4) is 0 Å². The Hall–Kier alpha value is -2.85. The Morgan fingerprint density at radius 3 is 2.48 bits per heavy atom. The molecule has 0 atom stereocenters. The summed E-state index contributed by atoms with van der Waals surface area (Å²) in [5, 5.41) is 4.11. The number of ketones is 1. The van der Waals surface area contributed by atoms with Crippen LogP contribution in [0.15, 0.2) is 60.2 Å². The average molecular weight is 353 g/mol. The lowest BCUT2D eigenvalue weighted by Gasteiger charge is -2.06. The van der Waals surface area contributed by atoms with E-state index in [4.69, 9.17) is 11.6 Å². The molecule has 4 nitrogen and oxygen atoms in total. The zero-order chi connectivity index (χ0) is 18.0. The van der Waals surface area contributed by atoms with Gasteiger partial charge in [-0.2, -0.15) is 0 Å². The molecule has 5 heteroatoms. The fourth-order valence-electron chi connectivity index (χ4n) is 2.63. The molecule has 0 unspecified atom stereocenters. The van der Waals surface area contributed by atoms with E-state index in [9.17, 15) is 9.59 Å². The second-order valence-electron chi connectivity index (χ2n) is 5.97. The molecule has 1 amide bonds. The van der Waals surface area contributed by atoms with Gasteiger partial charge < -0.3 is 10.3 Å². The molecule has 0 aliphatic heterocycles. The molecule has 2 aromatic carbocycles. The van der Waals surface area contributed by atoms with E-state index >= 15 is 0 Å². The first-order valence-corrected chi connectivity index (χ1v) is 8.20. The number of allylic oxidation sites excluding steroid dienone is 1. The van der Waals surface area contributed by atoms with Crippen LogP contribution in [0.4, 0.5) is 5.69 Å². The predicted molar refractivity (Wildman–Crippen MR) is 101 cm³/mol. The van der Waals surface area contributed by atoms with Crippen molar-refractivity contribution in [2.45, 2.75) is 13.8 Å². The van der Waals surface area contributed by atoms with Crippen LogP contribution in [0, 0.1) is 0 Å². The van der Waals surface area contributed by atoms with Crippen LogP contribution in [0.1, 0.15) is 29.9 Å². The summed E-state index contributed by atoms with van der Waals surface area (Å²) in [6, 6.07) is 14.2. The van der Waals surface area contributed by atoms with Gasteiger partial charge in [0, 0.05) is 27.6 Å². The van der Waals surface area contributed by atoms with E-state index in [1.807, 2.05) is 19.9 Å². The number of fused-ring (bicyclic) bond motifs is 1. The van der Waals surface area contributed by atoms with Crippen LogP contribution >= 0.6 is 11.6 Å². The number of aromatic amines is 1. The Balaban J connectivity index is 2.13. The topological polar surface area (TPSA) is 62.0 Å². The van der Waals surface area contributed by atoms with Gasteiger partial charge in [-0.25, -0.2) is 0 Å². The number of hydrogen-bond donors (Lipinski definition) is 2. The van der Waals surface area contributed by atoms with Crippen molar-refractivity contribution in [2.24, 2.45) is 0 Å². The Labute approximate surface area is 150 Å². The second kappa shape index (κ2) is 6.95. The van der Waals surface area contributed by atoms with Gasteiger partial charge in [0.25, 0.3) is 0 Å². The standard InChI is InChI=1S/C20H17ClN2O2/c1-12(2)10-17(24)23-18-15-9-8-14(21)11-16(15)22-19(18)20(25)13-6-4-3-5-7-13/h3-11,22H,1-2H3,(H,23,24). The molecule has 2 N–H and O–H groups in total. The number of halogens is 1. The summed E-state index contributed by atoms with van der Waals surface area (Å²) in [5.74, 6) is -0.474. The molecule has 0 saturated heterocycles. The highest BCUT2D eigenvalue weighted by atomic mass is 35.5. The largest absolute Gasteiger partial charge is 0.350 e. The fourth-order valence-corrected chi connectivity index (χ4v) is 2.80. The number of nitrogens with one attached hydrogen (secondary N) is 2. The Kier molecular flexibility index (Phi) is 4.72. The van der Waals surface area contributed by atoms with Crippen molar-refractivity contribution in [3.05, 3.63) is 76.5 Å². The summed E-state index contributed by atoms with van der Waals surface area (Å²) in [6.07, 6.45) is 1.49. The molecule has 25 heavy (non-hydrogen) atoms. The lowest BCUT2D eigenvalue weighted by Crippen LogP contribution is -2.12. The van der Waals surface area contributed by atoms with Crippen LogP contribution < -0.4 is 5.32 Å². The summed E-state index contributed by atoms with van der Waals surface area (Å²) in [6.45, 7) is 3.68. The van der Waals surface area contributed by atoms with E-state index in [2.05, 4.69) is 10.3 Å². The molecule has 126 valence electrons. The third-order valence-corrected chi connectivity index (χ3v) is 3.93. The lowest BCUT2D eigenvalue weighted by atomic mass is 10.1. The third kappa shape index (κ3) is 3.64. The summed E-state index contributed by atoms with van der Waals surface area (Å²) >= 11 is 6.05. The minimum atomic E-state index is -0.280. The predicted octanol–water partition coefficient (Wildman–Crippen LogP) is 4.96. The van der Waals surface area contributed by atoms with Crippen molar-refractivity contribution in [3.63, 3.8) is 0 Å². The van der Waals surface area contributed by atoms with Crippen LogP contribution in [0.3, 0.4) is 0 Å². The number of hydrogen-bond acceptors (Lipinski definition) is 2. The van der Waals surface area contributed by atoms with Crippen molar-refractivity contribution in [1.29, 1.82) is 0 Å². The minimum Gasteiger partial charge on any atom is -0.350 e. The van der Waals surface area contributed by atoms with Crippen molar-refractivity contribution < 1.29 is 9.59 Å². The first kappa shape index (κ1) is 17.0. The van der Waals surface area contributed by atoms with Crippen molar-refractivity contribution >= 4 is 39.9 Å². The zero-order valence-corrected chi connectivity index (χ0v) is 14.6. The summed E-state index contributed by atoms with van der Waals surface area (Å²) in [5.41, 5.74) is 2.90. The molecule has 0 saturated carbocycles. The van der Waals surface area contributed by atoms with Gasteiger partial charge in [0.2, 0.25) is 11.7 Å². The second-order valence-corrected chi connectivity index (χ2v) is 6.41. The number of benzene rings is 2. The first-order valence-electron chi connectivity index (χ1n) is 7.82. The van der Waals surface area contributed by atoms with Crippen molar-refractivity contribution in [1.82, 2.24) is 4.98 Å². The molecular formula is C20H17ClN2O2. The molecule has 3 aromatic rings. The monoisotopic (exact) mass is 352 g/mol. The van der Waals surface area contributed by atoms with Gasteiger partial charge >= 0.3 is 0 Å². The SMILES string of the molecule is CC(C)=CC(=O)Nc1c(C(=O)c2ccccc2)[nH]c2cc(Cl)ccc12. The molecular weight excluding hydrogens is 336 g/mol. The maximum atomic E-state index is 12.9. The van der Waals surface area contributed by atoms with Crippen LogP contribution in [-0.2, 0) is 4.79 Å². The highest BCUT2D eigenvalue weighted by molar-refractivity contribution is 6.31. The summed E-state index contributed by atoms with van der Waals surface area (Å²) < 4.78 is 0. The number of amides is 1. The lowest BCUT2D eigenvalue weighted by molar-refractivity contribution is -0.111. The van der Waals surface area contributed by atoms with E-state index in [1.165, 1.54) is 6.08 Å². The van der Waals surface area contributed by atoms with Gasteiger partial charge in [-0.3, -0.25) is 9.59 Å². The van der Waals surface area contributed by atoms with E-state index in [-0.39, 0.29) is 11.7 Å². The first-order chi connectivity index (χ1) is 12.0. The molecule has 0 spiro atoms. The number of anilines is 1. The highest BCUT2D eigenvalue weighted by Gasteiger charge is 2.20. The molecule has 1 aromatic heterocycles. The molecule has 0 fully saturated rings. The normalized spacial score (nSPS) is 10.5. The number of carbonyl (C=O) groups excluding carboxylic acids is 2. The van der Waals surface area contributed by atoms with Crippen LogP contribution in [0.5, 0.6) is 0 Å². The quantitative estimate of drug-likeness (QED) is 0.515. The number of rotatable bonds is 4. The van der Waals surface area contributed by atoms with Crippen LogP contribution in [-0.4, -0.2) is 16.7 Å². The van der Waals surface area contributed by atoms with Gasteiger partial charge in [-0.1, -0.05) is 47.5 Å². The van der Waals surface area contributed by atoms with Crippen molar-refractivity contribution in [2.75, 3.05) is 5.32 Å². The average Bonchev–Trinajstić information content (AvgIpc) is 2.91. The van der Waals surface area contributed by atoms with Gasteiger partial charge in [0.1, 0.15) is 5.69 Å². The van der Waals surface area contributed by atoms with E-state index in [1.54, 1.807) is 42.5 Å². The minimum absolute atomic E-state index is 0.194. The fraction of sp³-hybridized carbons (Fsp3) is 0.100. The van der Waals surface area contributed by atoms with Crippen LogP contribution in [0.25, 0.3) is 10.9 Å². The number of carbonyl (C=O) groups is 2. The van der Waals surface area contributed by atoms with Gasteiger partial charge in [-0.05, 0) is 32.0 Å². The van der Waals surface area contributed by atoms with E-state index in [0.717, 1.165) is 11.0 Å². The molecule has 0 aliphatic carbocycles. The van der Waals surface area contributed by atoms with E-state index < -0.39 is 0 Å². The smallest absolute Gasteiger partial charge is 0.248 e. The molecule has 3 rings (SSSR count). The molecule has 0 bridgehead atoms. The zero-order valence-electron chi connectivity index (χ0n) is 13.9. The number of aromatic nitrogens is 1. The Bertz CT molecular complexity index is 984. The van der Waals surface area contributed by atoms with Gasteiger partial charge in [-0.15, -0.1) is 0 Å².